The number of furan rings is 1. The standard InChI is InChI=1S/C22H16ClN3O3/c23-20-17-9-3-1-7-15(17)19(16-8-2-4-10-18(16)20)13-25-26-22(28)21(27)24-12-14-6-5-11-29-14/h1-11,13H,12H2,(H,24,27)(H,26,28)/b25-13-. The van der Waals surface area contributed by atoms with Crippen LogP contribution in [0, 0.1) is 0 Å². The third kappa shape index (κ3) is 3.83. The van der Waals surface area contributed by atoms with Crippen LogP contribution in [0.4, 0.5) is 0 Å². The van der Waals surface area contributed by atoms with Crippen LogP contribution < -0.4 is 10.7 Å². The molecular formula is C22H16ClN3O3. The second kappa shape index (κ2) is 8.16. The van der Waals surface area contributed by atoms with Crippen LogP contribution in [0.15, 0.2) is 76.4 Å². The fraction of sp³-hybridized carbons (Fsp3) is 0.0455. The Bertz CT molecular complexity index is 1180. The van der Waals surface area contributed by atoms with Crippen LogP contribution in [0.1, 0.15) is 11.3 Å². The number of amides is 2. The number of fused-ring (bicyclic) bond motifs is 2. The number of nitrogens with zero attached hydrogens (tertiary/aromatic N) is 1. The van der Waals surface area contributed by atoms with E-state index in [-0.39, 0.29) is 6.54 Å². The Morgan fingerprint density at radius 1 is 0.897 bits per heavy atom. The molecule has 0 spiro atoms. The van der Waals surface area contributed by atoms with E-state index >= 15 is 0 Å². The lowest BCUT2D eigenvalue weighted by Gasteiger charge is -2.10. The Kier molecular flexibility index (Phi) is 5.27. The van der Waals surface area contributed by atoms with Crippen molar-refractivity contribution in [3.05, 3.63) is 83.3 Å². The smallest absolute Gasteiger partial charge is 0.329 e. The lowest BCUT2D eigenvalue weighted by Crippen LogP contribution is -2.37. The highest BCUT2D eigenvalue weighted by molar-refractivity contribution is 6.42. The summed E-state index contributed by atoms with van der Waals surface area (Å²) >= 11 is 6.57. The summed E-state index contributed by atoms with van der Waals surface area (Å²) in [5.41, 5.74) is 3.06. The molecule has 2 amide bonds. The van der Waals surface area contributed by atoms with Gasteiger partial charge in [-0.3, -0.25) is 9.59 Å². The van der Waals surface area contributed by atoms with Crippen molar-refractivity contribution >= 4 is 51.2 Å². The zero-order valence-electron chi connectivity index (χ0n) is 15.2. The lowest BCUT2D eigenvalue weighted by molar-refractivity contribution is -0.139. The van der Waals surface area contributed by atoms with Gasteiger partial charge in [0.1, 0.15) is 5.76 Å². The minimum Gasteiger partial charge on any atom is -0.467 e. The van der Waals surface area contributed by atoms with Crippen molar-refractivity contribution in [3.63, 3.8) is 0 Å². The normalized spacial score (nSPS) is 11.2. The molecule has 7 heteroatoms. The first kappa shape index (κ1) is 18.7. The molecular weight excluding hydrogens is 390 g/mol. The van der Waals surface area contributed by atoms with E-state index in [4.69, 9.17) is 16.0 Å². The van der Waals surface area contributed by atoms with E-state index in [1.807, 2.05) is 48.5 Å². The zero-order chi connectivity index (χ0) is 20.2. The minimum atomic E-state index is -0.865. The Labute approximate surface area is 171 Å². The second-order valence-corrected chi connectivity index (χ2v) is 6.66. The van der Waals surface area contributed by atoms with Gasteiger partial charge in [0.25, 0.3) is 0 Å². The first-order valence-electron chi connectivity index (χ1n) is 8.87. The molecule has 4 rings (SSSR count). The molecule has 0 aliphatic carbocycles. The average molecular weight is 406 g/mol. The number of hydrogen-bond donors (Lipinski definition) is 2. The zero-order valence-corrected chi connectivity index (χ0v) is 15.9. The van der Waals surface area contributed by atoms with E-state index in [1.54, 1.807) is 12.1 Å². The van der Waals surface area contributed by atoms with Crippen LogP contribution in [0.2, 0.25) is 5.02 Å². The molecule has 2 N–H and O–H groups in total. The van der Waals surface area contributed by atoms with Crippen molar-refractivity contribution in [1.29, 1.82) is 0 Å². The number of nitrogens with one attached hydrogen (secondary N) is 2. The topological polar surface area (TPSA) is 83.7 Å². The van der Waals surface area contributed by atoms with E-state index in [9.17, 15) is 9.59 Å². The number of carbonyl (C=O) groups is 2. The van der Waals surface area contributed by atoms with Gasteiger partial charge in [0.15, 0.2) is 0 Å². The van der Waals surface area contributed by atoms with E-state index in [0.29, 0.717) is 10.8 Å². The number of hydrazone groups is 1. The number of carbonyl (C=O) groups excluding carboxylic acids is 2. The summed E-state index contributed by atoms with van der Waals surface area (Å²) in [4.78, 5) is 23.9. The highest BCUT2D eigenvalue weighted by Gasteiger charge is 2.14. The first-order chi connectivity index (χ1) is 14.1. The fourth-order valence-corrected chi connectivity index (χ4v) is 3.44. The largest absolute Gasteiger partial charge is 0.467 e. The van der Waals surface area contributed by atoms with Crippen LogP contribution in [0.3, 0.4) is 0 Å². The van der Waals surface area contributed by atoms with Crippen LogP contribution in [0.5, 0.6) is 0 Å². The molecule has 0 atom stereocenters. The Balaban J connectivity index is 1.57. The quantitative estimate of drug-likeness (QED) is 0.233. The van der Waals surface area contributed by atoms with E-state index in [1.165, 1.54) is 12.5 Å². The molecule has 0 unspecified atom stereocenters. The monoisotopic (exact) mass is 405 g/mol. The van der Waals surface area contributed by atoms with Crippen molar-refractivity contribution in [2.24, 2.45) is 5.10 Å². The predicted octanol–water partition coefficient (Wildman–Crippen LogP) is 4.01. The van der Waals surface area contributed by atoms with E-state index in [2.05, 4.69) is 15.8 Å². The summed E-state index contributed by atoms with van der Waals surface area (Å²) in [7, 11) is 0. The van der Waals surface area contributed by atoms with E-state index < -0.39 is 11.8 Å². The van der Waals surface area contributed by atoms with Crippen molar-refractivity contribution in [1.82, 2.24) is 10.7 Å². The van der Waals surface area contributed by atoms with E-state index in [0.717, 1.165) is 27.1 Å². The van der Waals surface area contributed by atoms with Crippen LogP contribution in [0.25, 0.3) is 21.5 Å². The molecule has 1 heterocycles. The molecule has 0 saturated carbocycles. The second-order valence-electron chi connectivity index (χ2n) is 6.28. The van der Waals surface area contributed by atoms with Crippen LogP contribution in [-0.4, -0.2) is 18.0 Å². The summed E-state index contributed by atoms with van der Waals surface area (Å²) < 4.78 is 5.11. The van der Waals surface area contributed by atoms with Gasteiger partial charge in [-0.25, -0.2) is 5.43 Å². The molecule has 4 aromatic rings. The Hall–Kier alpha value is -3.64. The van der Waals surface area contributed by atoms with Gasteiger partial charge in [-0.1, -0.05) is 60.1 Å². The SMILES string of the molecule is O=C(NCc1ccco1)C(=O)N/N=C\c1c2ccccc2c(Cl)c2ccccc12. The molecule has 0 fully saturated rings. The van der Waals surface area contributed by atoms with Gasteiger partial charge in [0, 0.05) is 16.3 Å². The van der Waals surface area contributed by atoms with Gasteiger partial charge in [-0.05, 0) is 22.9 Å². The molecule has 0 saturated heterocycles. The molecule has 3 aromatic carbocycles. The summed E-state index contributed by atoms with van der Waals surface area (Å²) in [6.45, 7) is 0.120. The highest BCUT2D eigenvalue weighted by atomic mass is 35.5. The Morgan fingerprint density at radius 2 is 1.52 bits per heavy atom. The molecule has 0 radical (unpaired) electrons. The maximum absolute atomic E-state index is 12.0. The summed E-state index contributed by atoms with van der Waals surface area (Å²) in [5.74, 6) is -1.12. The third-order valence-electron chi connectivity index (χ3n) is 4.48. The molecule has 0 aliphatic heterocycles. The van der Waals surface area contributed by atoms with Gasteiger partial charge < -0.3 is 9.73 Å². The fourth-order valence-electron chi connectivity index (χ4n) is 3.12. The molecule has 29 heavy (non-hydrogen) atoms. The first-order valence-corrected chi connectivity index (χ1v) is 9.25. The summed E-state index contributed by atoms with van der Waals surface area (Å²) in [6.07, 6.45) is 3.02. The molecule has 6 nitrogen and oxygen atoms in total. The lowest BCUT2D eigenvalue weighted by atomic mass is 9.97. The van der Waals surface area contributed by atoms with Gasteiger partial charge in [-0.15, -0.1) is 0 Å². The number of benzene rings is 3. The van der Waals surface area contributed by atoms with Crippen molar-refractivity contribution in [2.75, 3.05) is 0 Å². The van der Waals surface area contributed by atoms with Gasteiger partial charge in [0.2, 0.25) is 0 Å². The third-order valence-corrected chi connectivity index (χ3v) is 4.88. The predicted molar refractivity (Wildman–Crippen MR) is 113 cm³/mol. The molecule has 1 aromatic heterocycles. The van der Waals surface area contributed by atoms with Gasteiger partial charge in [0.05, 0.1) is 24.0 Å². The van der Waals surface area contributed by atoms with Crippen molar-refractivity contribution in [3.8, 4) is 0 Å². The van der Waals surface area contributed by atoms with Crippen LogP contribution in [-0.2, 0) is 16.1 Å². The van der Waals surface area contributed by atoms with Crippen molar-refractivity contribution < 1.29 is 14.0 Å². The highest BCUT2D eigenvalue weighted by Crippen LogP contribution is 2.35. The maximum atomic E-state index is 12.0. The van der Waals surface area contributed by atoms with Crippen molar-refractivity contribution in [2.45, 2.75) is 6.54 Å². The number of hydrogen-bond acceptors (Lipinski definition) is 4. The Morgan fingerprint density at radius 3 is 2.10 bits per heavy atom. The average Bonchev–Trinajstić information content (AvgIpc) is 3.28. The number of halogens is 1. The van der Waals surface area contributed by atoms with Gasteiger partial charge in [-0.2, -0.15) is 5.10 Å². The van der Waals surface area contributed by atoms with Gasteiger partial charge >= 0.3 is 11.8 Å². The number of rotatable bonds is 4. The van der Waals surface area contributed by atoms with Crippen LogP contribution >= 0.6 is 11.6 Å². The summed E-state index contributed by atoms with van der Waals surface area (Å²) in [6, 6.07) is 18.8. The summed E-state index contributed by atoms with van der Waals surface area (Å²) in [5, 5.41) is 10.7. The maximum Gasteiger partial charge on any atom is 0.329 e. The molecule has 144 valence electrons. The minimum absolute atomic E-state index is 0.120. The molecule has 0 aliphatic rings. The molecule has 0 bridgehead atoms.